The summed E-state index contributed by atoms with van der Waals surface area (Å²) in [5, 5.41) is 2.04. The highest BCUT2D eigenvalue weighted by atomic mass is 32.1. The second-order valence-corrected chi connectivity index (χ2v) is 6.36. The number of hydrogen-bond acceptors (Lipinski definition) is 3. The Bertz CT molecular complexity index is 555. The van der Waals surface area contributed by atoms with E-state index in [4.69, 9.17) is 0 Å². The maximum absolute atomic E-state index is 13.8. The number of likely N-dealkylation sites (N-methyl/N-ethyl adjacent to an activating group) is 1. The van der Waals surface area contributed by atoms with Crippen LogP contribution in [0.25, 0.3) is 0 Å². The van der Waals surface area contributed by atoms with Gasteiger partial charge in [-0.05, 0) is 31.6 Å². The molecule has 0 aliphatic carbocycles. The van der Waals surface area contributed by atoms with Crippen LogP contribution in [0.2, 0.25) is 0 Å². The molecule has 0 amide bonds. The van der Waals surface area contributed by atoms with E-state index < -0.39 is 11.6 Å². The fraction of sp³-hybridized carbons (Fsp3) is 0.375. The Balaban J connectivity index is 2.06. The minimum absolute atomic E-state index is 0.476. The van der Waals surface area contributed by atoms with Gasteiger partial charge < -0.3 is 4.90 Å². The topological polar surface area (TPSA) is 6.48 Å². The van der Waals surface area contributed by atoms with Crippen molar-refractivity contribution in [3.8, 4) is 0 Å². The summed E-state index contributed by atoms with van der Waals surface area (Å²) < 4.78 is 26.8. The maximum atomic E-state index is 13.8. The molecule has 114 valence electrons. The largest absolute Gasteiger partial charge is 0.308 e. The molecule has 0 aliphatic rings. The molecule has 0 saturated carbocycles. The van der Waals surface area contributed by atoms with Gasteiger partial charge in [-0.2, -0.15) is 0 Å². The maximum Gasteiger partial charge on any atom is 0.130 e. The molecule has 2 rings (SSSR count). The Morgan fingerprint density at radius 2 is 1.86 bits per heavy atom. The van der Waals surface area contributed by atoms with E-state index in [2.05, 4.69) is 15.9 Å². The molecule has 1 heterocycles. The first-order valence-electron chi connectivity index (χ1n) is 6.88. The van der Waals surface area contributed by atoms with E-state index in [1.165, 1.54) is 17.0 Å². The Hall–Kier alpha value is -1.30. The molecule has 0 unspecified atom stereocenters. The van der Waals surface area contributed by atoms with Crippen LogP contribution in [0, 0.1) is 11.6 Å². The first kappa shape index (κ1) is 16.1. The normalized spacial score (nSPS) is 11.5. The smallest absolute Gasteiger partial charge is 0.130 e. The predicted molar refractivity (Wildman–Crippen MR) is 83.3 cm³/mol. The van der Waals surface area contributed by atoms with Gasteiger partial charge in [0.15, 0.2) is 0 Å². The summed E-state index contributed by atoms with van der Waals surface area (Å²) in [7, 11) is 4.03. The van der Waals surface area contributed by atoms with Crippen LogP contribution in [-0.4, -0.2) is 37.0 Å². The Labute approximate surface area is 128 Å². The summed E-state index contributed by atoms with van der Waals surface area (Å²) in [6, 6.07) is 7.89. The highest BCUT2D eigenvalue weighted by Gasteiger charge is 2.12. The minimum atomic E-state index is -0.533. The molecular weight excluding hydrogens is 290 g/mol. The molecule has 0 fully saturated rings. The summed E-state index contributed by atoms with van der Waals surface area (Å²) in [5.41, 5.74) is 0.534. The van der Waals surface area contributed by atoms with Gasteiger partial charge in [0.1, 0.15) is 11.6 Å². The lowest BCUT2D eigenvalue weighted by molar-refractivity contribution is 0.225. The molecule has 0 atom stereocenters. The fourth-order valence-electron chi connectivity index (χ4n) is 2.07. The molecule has 1 aromatic carbocycles. The van der Waals surface area contributed by atoms with Crippen LogP contribution in [0.3, 0.4) is 0 Å². The van der Waals surface area contributed by atoms with Gasteiger partial charge in [0.05, 0.1) is 0 Å². The van der Waals surface area contributed by atoms with Crippen molar-refractivity contribution < 1.29 is 8.78 Å². The number of halogens is 2. The Kier molecular flexibility index (Phi) is 5.85. The number of rotatable bonds is 7. The molecule has 0 spiro atoms. The number of hydrogen-bond donors (Lipinski definition) is 0. The van der Waals surface area contributed by atoms with Crippen LogP contribution in [0.4, 0.5) is 8.78 Å². The summed E-state index contributed by atoms with van der Waals surface area (Å²) >= 11 is 1.69. The van der Waals surface area contributed by atoms with Crippen LogP contribution in [0.1, 0.15) is 10.4 Å². The lowest BCUT2D eigenvalue weighted by Gasteiger charge is -2.24. The molecule has 0 N–H and O–H groups in total. The van der Waals surface area contributed by atoms with E-state index in [1.807, 2.05) is 25.5 Å². The molecule has 5 heteroatoms. The molecule has 0 saturated heterocycles. The van der Waals surface area contributed by atoms with Crippen LogP contribution in [-0.2, 0) is 13.1 Å². The van der Waals surface area contributed by atoms with Crippen molar-refractivity contribution in [2.75, 3.05) is 27.2 Å². The third-order valence-electron chi connectivity index (χ3n) is 3.23. The standard InChI is InChI=1S/C16H20F2N2S/c1-19(2)7-8-20(12-15-4-3-9-21-15)11-13-5-6-14(17)10-16(13)18/h3-6,9-10H,7-8,11-12H2,1-2H3. The fourth-order valence-corrected chi connectivity index (χ4v) is 2.82. The molecule has 0 bridgehead atoms. The highest BCUT2D eigenvalue weighted by molar-refractivity contribution is 7.09. The summed E-state index contributed by atoms with van der Waals surface area (Å²) in [5.74, 6) is -1.01. The van der Waals surface area contributed by atoms with Crippen molar-refractivity contribution in [2.24, 2.45) is 0 Å². The van der Waals surface area contributed by atoms with Gasteiger partial charge >= 0.3 is 0 Å². The van der Waals surface area contributed by atoms with E-state index in [0.717, 1.165) is 25.7 Å². The zero-order valence-electron chi connectivity index (χ0n) is 12.4. The monoisotopic (exact) mass is 310 g/mol. The van der Waals surface area contributed by atoms with Crippen LogP contribution in [0.15, 0.2) is 35.7 Å². The number of thiophene rings is 1. The van der Waals surface area contributed by atoms with Gasteiger partial charge in [-0.1, -0.05) is 12.1 Å². The van der Waals surface area contributed by atoms with E-state index >= 15 is 0 Å². The molecular formula is C16H20F2N2S. The van der Waals surface area contributed by atoms with Gasteiger partial charge in [0.2, 0.25) is 0 Å². The first-order chi connectivity index (χ1) is 10.0. The SMILES string of the molecule is CN(C)CCN(Cc1cccs1)Cc1ccc(F)cc1F. The molecule has 21 heavy (non-hydrogen) atoms. The van der Waals surface area contributed by atoms with Gasteiger partial charge in [-0.25, -0.2) is 8.78 Å². The summed E-state index contributed by atoms with van der Waals surface area (Å²) in [6.07, 6.45) is 0. The third-order valence-corrected chi connectivity index (χ3v) is 4.09. The second-order valence-electron chi connectivity index (χ2n) is 5.33. The van der Waals surface area contributed by atoms with Crippen LogP contribution in [0.5, 0.6) is 0 Å². The van der Waals surface area contributed by atoms with E-state index in [0.29, 0.717) is 12.1 Å². The third kappa shape index (κ3) is 5.19. The summed E-state index contributed by atoms with van der Waals surface area (Å²) in [6.45, 7) is 3.00. The minimum Gasteiger partial charge on any atom is -0.308 e. The average molecular weight is 310 g/mol. The average Bonchev–Trinajstić information content (AvgIpc) is 2.92. The number of benzene rings is 1. The highest BCUT2D eigenvalue weighted by Crippen LogP contribution is 2.16. The first-order valence-corrected chi connectivity index (χ1v) is 7.76. The zero-order chi connectivity index (χ0) is 15.2. The van der Waals surface area contributed by atoms with Gasteiger partial charge in [0, 0.05) is 42.7 Å². The van der Waals surface area contributed by atoms with Gasteiger partial charge in [-0.3, -0.25) is 4.90 Å². The van der Waals surface area contributed by atoms with Crippen molar-refractivity contribution in [3.63, 3.8) is 0 Å². The van der Waals surface area contributed by atoms with Crippen molar-refractivity contribution in [1.82, 2.24) is 9.80 Å². The quantitative estimate of drug-likeness (QED) is 0.771. The lowest BCUT2D eigenvalue weighted by atomic mass is 10.2. The lowest BCUT2D eigenvalue weighted by Crippen LogP contribution is -2.31. The predicted octanol–water partition coefficient (Wildman–Crippen LogP) is 3.59. The molecule has 2 nitrogen and oxygen atoms in total. The van der Waals surface area contributed by atoms with E-state index in [1.54, 1.807) is 11.3 Å². The number of nitrogens with zero attached hydrogens (tertiary/aromatic N) is 2. The van der Waals surface area contributed by atoms with E-state index in [-0.39, 0.29) is 0 Å². The Morgan fingerprint density at radius 1 is 1.05 bits per heavy atom. The summed E-state index contributed by atoms with van der Waals surface area (Å²) in [4.78, 5) is 5.53. The van der Waals surface area contributed by atoms with Crippen LogP contribution >= 0.6 is 11.3 Å². The van der Waals surface area contributed by atoms with Crippen LogP contribution < -0.4 is 0 Å². The molecule has 1 aromatic heterocycles. The van der Waals surface area contributed by atoms with Crippen molar-refractivity contribution in [1.29, 1.82) is 0 Å². The second kappa shape index (κ2) is 7.64. The van der Waals surface area contributed by atoms with Crippen molar-refractivity contribution in [2.45, 2.75) is 13.1 Å². The molecule has 0 aliphatic heterocycles. The Morgan fingerprint density at radius 3 is 2.48 bits per heavy atom. The van der Waals surface area contributed by atoms with Gasteiger partial charge in [0.25, 0.3) is 0 Å². The van der Waals surface area contributed by atoms with Gasteiger partial charge in [-0.15, -0.1) is 11.3 Å². The van der Waals surface area contributed by atoms with Crippen molar-refractivity contribution >= 4 is 11.3 Å². The van der Waals surface area contributed by atoms with E-state index in [9.17, 15) is 8.78 Å². The molecule has 2 aromatic rings. The van der Waals surface area contributed by atoms with Crippen molar-refractivity contribution in [3.05, 3.63) is 57.8 Å². The molecule has 0 radical (unpaired) electrons. The zero-order valence-corrected chi connectivity index (χ0v) is 13.2.